The smallest absolute Gasteiger partial charge is 0.656 e. The van der Waals surface area contributed by atoms with Gasteiger partial charge in [-0.2, -0.15) is 0 Å². The van der Waals surface area contributed by atoms with Crippen LogP contribution >= 0.6 is 90.7 Å². The van der Waals surface area contributed by atoms with Crippen LogP contribution in [-0.4, -0.2) is 19.1 Å². The van der Waals surface area contributed by atoms with Crippen molar-refractivity contribution in [2.75, 3.05) is 0 Å². The van der Waals surface area contributed by atoms with Crippen molar-refractivity contribution in [3.8, 4) is 74.8 Å². The number of unbranched alkanes of at least 4 members (excludes halogenated alkanes) is 36. The van der Waals surface area contributed by atoms with Crippen molar-refractivity contribution in [1.29, 1.82) is 10.5 Å². The molecule has 150 heavy (non-hydrogen) atoms. The number of fused-ring (bicyclic) bond motifs is 8. The maximum absolute atomic E-state index is 14.0. The van der Waals surface area contributed by atoms with Crippen LogP contribution in [-0.2, 0) is 64.7 Å². The van der Waals surface area contributed by atoms with Crippen molar-refractivity contribution in [3.63, 3.8) is 0 Å². The van der Waals surface area contributed by atoms with Crippen LogP contribution in [0.2, 0.25) is 0 Å². The molecule has 0 aromatic carbocycles. The van der Waals surface area contributed by atoms with E-state index in [-0.39, 0.29) is 53.8 Å². The van der Waals surface area contributed by atoms with E-state index in [1.165, 1.54) is 293 Å². The molecule has 2 unspecified atom stereocenters. The minimum absolute atomic E-state index is 0. The Hall–Kier alpha value is -9.16. The molecule has 8 bridgehead atoms. The third-order valence-electron chi connectivity index (χ3n) is 29.4. The second-order valence-corrected chi connectivity index (χ2v) is 49.5. The van der Waals surface area contributed by atoms with Gasteiger partial charge in [0.1, 0.15) is 9.33 Å². The quantitative estimate of drug-likeness (QED) is 0.0158. The SMILES string of the molecule is [C-]#[N+]/C(C#N)=c1\s/c(=C\c2cc(CCCCCC)c(-c3ccc(-c4sc(CC#Cc5c6nc(c(C(CCCCCCCC)CCCCCCCCCC)c7ccc([n-]7)c(C#Cc7cc(CCCCCC)c(-c8ccc(-c9sc(/C=c%10\s/c(=C(\C#N)[N+]#[C-])n(CC)c%10=O)cc9CCCCCC)s8)s7)c7nc(c(C(CCCCCCCC)CCCCCCCCCC)c8ccc5[n-]8)C=C7)C=C6)cc4CCCCCC)s3)s2)c(=O)n1CC.[Zn+2]. The Labute approximate surface area is 942 Å². The monoisotopic (exact) mass is 2200 g/mol. The van der Waals surface area contributed by atoms with Crippen LogP contribution in [0, 0.1) is 59.5 Å². The maximum atomic E-state index is 14.0. The molecule has 0 amide bonds. The van der Waals surface area contributed by atoms with E-state index >= 15 is 0 Å². The molecule has 0 saturated heterocycles. The fourth-order valence-corrected chi connectivity index (χ4v) is 30.6. The second-order valence-electron chi connectivity index (χ2n) is 40.9. The summed E-state index contributed by atoms with van der Waals surface area (Å²) in [7, 11) is 0. The standard InChI is InChI=1S/C129H161N10O2S8.Zn/c1-13-23-31-39-43-45-49-57-62-92(60-55-47-41-33-25-15-3)120-108-76-72-104(134-108)102(69-59-68-98-84-94(64-51-35-27-17-5)122(142-98)114-80-82-116(146-114)124-96(66-53-37-29-19-7)86-100(144-124)88-118-126(140)138(21-9)128(148-118)112(90-130)132-11)105-73-77-109(135-105)121(93(61-56-48-42-34-26-16-4)63-58-50-46-44-40-32-24-14-2)111-79-75-107(137-111)103(106-74-78-110(120)136-106)71-70-99-85-95(65-52-36-28-18-6)123(143-99)115-81-83-117(147-115)125-97(67-54-38-30-20-8)87-101(145-125)89-119-127(141)139(22-10)129(149-119)113(91-131)133-12;/h72-89,92-93H,13-58,60-68H2,1-10H3,(H-,134,135,136,137,141);/q-1;+2/p-1/b104-102?,105-102?,106-103?,107-103?,118-88-,120-108?,120-110?,121-109?,121-111?,128-112-,129-113+;. The molecule has 0 aliphatic carbocycles. The third kappa shape index (κ3) is 33.7. The normalized spacial score (nSPS) is 12.8. The van der Waals surface area contributed by atoms with E-state index in [0.29, 0.717) is 37.9 Å². The first-order chi connectivity index (χ1) is 73.2. The summed E-state index contributed by atoms with van der Waals surface area (Å²) in [5, 5.41) is 19.9. The maximum Gasteiger partial charge on any atom is 2.00 e. The molecule has 2 aliphatic rings. The van der Waals surface area contributed by atoms with E-state index < -0.39 is 0 Å². The van der Waals surface area contributed by atoms with Gasteiger partial charge in [0.15, 0.2) is 0 Å². The summed E-state index contributed by atoms with van der Waals surface area (Å²) in [6, 6.07) is 31.9. The molecule has 0 saturated carbocycles. The average molecular weight is 2200 g/mol. The summed E-state index contributed by atoms with van der Waals surface area (Å²) in [6.45, 7) is 38.4. The molecule has 0 radical (unpaired) electrons. The van der Waals surface area contributed by atoms with Crippen LogP contribution in [0.25, 0.3) is 119 Å². The van der Waals surface area contributed by atoms with Crippen molar-refractivity contribution in [3.05, 3.63) is 222 Å². The molecule has 0 spiro atoms. The number of hydrogen-bond donors (Lipinski definition) is 0. The molecule has 0 N–H and O–H groups in total. The van der Waals surface area contributed by atoms with Crippen LogP contribution in [0.15, 0.2) is 82.4 Å². The minimum Gasteiger partial charge on any atom is -0.656 e. The zero-order valence-corrected chi connectivity index (χ0v) is 101. The zero-order chi connectivity index (χ0) is 105. The number of aromatic nitrogens is 6. The summed E-state index contributed by atoms with van der Waals surface area (Å²) < 4.78 is 5.04. The summed E-state index contributed by atoms with van der Waals surface area (Å²) >= 11 is 13.4. The number of nitriles is 2. The van der Waals surface area contributed by atoms with Crippen molar-refractivity contribution in [2.24, 2.45) is 0 Å². The molecular weight excluding hydrogens is 2040 g/mol. The number of nitrogens with zero attached hydrogens (tertiary/aromatic N) is 10. The van der Waals surface area contributed by atoms with E-state index in [9.17, 15) is 20.1 Å². The van der Waals surface area contributed by atoms with Gasteiger partial charge in [-0.15, -0.1) is 113 Å². The number of rotatable bonds is 63. The summed E-state index contributed by atoms with van der Waals surface area (Å²) in [6.07, 6.45) is 74.7. The van der Waals surface area contributed by atoms with Gasteiger partial charge in [-0.25, -0.2) is 30.2 Å². The first kappa shape index (κ1) is 119. The number of thiophene rings is 6. The fraction of sp³-hybridized carbons (Fsp3) is 0.519. The third-order valence-corrected chi connectivity index (χ3v) is 39.0. The molecule has 13 rings (SSSR count). The van der Waals surface area contributed by atoms with Crippen molar-refractivity contribution >= 4 is 161 Å². The minimum atomic E-state index is -0.167. The van der Waals surface area contributed by atoms with Crippen LogP contribution < -0.4 is 39.5 Å². The van der Waals surface area contributed by atoms with Crippen molar-refractivity contribution in [1.82, 2.24) is 29.1 Å². The van der Waals surface area contributed by atoms with Gasteiger partial charge in [-0.3, -0.25) is 9.59 Å². The first-order valence-corrected chi connectivity index (χ1v) is 63.9. The van der Waals surface area contributed by atoms with Gasteiger partial charge in [-0.1, -0.05) is 360 Å². The van der Waals surface area contributed by atoms with Gasteiger partial charge in [0.05, 0.1) is 62.0 Å². The molecule has 2 atom stereocenters. The molecule has 12 nitrogen and oxygen atoms in total. The van der Waals surface area contributed by atoms with Gasteiger partial charge >= 0.3 is 19.5 Å². The predicted molar refractivity (Wildman–Crippen MR) is 648 cm³/mol. The van der Waals surface area contributed by atoms with E-state index in [4.69, 9.17) is 33.1 Å². The van der Waals surface area contributed by atoms with E-state index in [2.05, 4.69) is 186 Å². The number of aryl methyl sites for hydroxylation is 4. The van der Waals surface area contributed by atoms with Gasteiger partial charge in [0.2, 0.25) is 0 Å². The molecule has 13 heterocycles. The fourth-order valence-electron chi connectivity index (χ4n) is 21.1. The summed E-state index contributed by atoms with van der Waals surface area (Å²) in [5.74, 6) is 16.1. The van der Waals surface area contributed by atoms with E-state index in [1.54, 1.807) is 31.8 Å². The van der Waals surface area contributed by atoms with Crippen LogP contribution in [0.1, 0.15) is 476 Å². The Morgan fingerprint density at radius 3 is 1.03 bits per heavy atom. The first-order valence-electron chi connectivity index (χ1n) is 57.4. The molecule has 11 aromatic heterocycles. The largest absolute Gasteiger partial charge is 2.00 e. The number of hydrogen-bond acceptors (Lipinski definition) is 14. The summed E-state index contributed by atoms with van der Waals surface area (Å²) in [4.78, 5) is 73.2. The predicted octanol–water partition coefficient (Wildman–Crippen LogP) is 36.4. The Balaban J connectivity index is 0.0000199. The summed E-state index contributed by atoms with van der Waals surface area (Å²) in [5.41, 5.74) is 16.1. The topological polar surface area (TPSA) is 154 Å². The number of thiazole rings is 2. The van der Waals surface area contributed by atoms with E-state index in [0.717, 1.165) is 212 Å². The average Bonchev–Trinajstić information content (AvgIpc) is 1.63. The van der Waals surface area contributed by atoms with E-state index in [1.807, 2.05) is 83.5 Å². The molecule has 2 aliphatic heterocycles. The van der Waals surface area contributed by atoms with Crippen LogP contribution in [0.3, 0.4) is 0 Å². The van der Waals surface area contributed by atoms with Gasteiger partial charge in [-0.05, 0) is 221 Å². The zero-order valence-electron chi connectivity index (χ0n) is 91.7. The van der Waals surface area contributed by atoms with Crippen LogP contribution in [0.5, 0.6) is 0 Å². The molecular formula is C129H160N10O2S8Zn. The molecule has 21 heteroatoms. The molecule has 788 valence electrons. The Kier molecular flexibility index (Phi) is 51.7. The van der Waals surface area contributed by atoms with Crippen LogP contribution in [0.4, 0.5) is 0 Å². The van der Waals surface area contributed by atoms with Crippen molar-refractivity contribution in [2.45, 2.75) is 434 Å². The molecule has 11 aromatic rings. The van der Waals surface area contributed by atoms with Gasteiger partial charge < -0.3 is 19.1 Å². The van der Waals surface area contributed by atoms with Gasteiger partial charge in [0, 0.05) is 84.3 Å². The van der Waals surface area contributed by atoms with Gasteiger partial charge in [0.25, 0.3) is 22.5 Å². The Bertz CT molecular complexity index is 7100. The second kappa shape index (κ2) is 64.9. The Morgan fingerprint density at radius 2 is 0.673 bits per heavy atom. The Morgan fingerprint density at radius 1 is 0.360 bits per heavy atom. The van der Waals surface area contributed by atoms with Crippen molar-refractivity contribution < 1.29 is 19.5 Å². The molecule has 0 fully saturated rings.